The van der Waals surface area contributed by atoms with E-state index < -0.39 is 12.2 Å². The van der Waals surface area contributed by atoms with Crippen molar-refractivity contribution in [1.82, 2.24) is 5.32 Å². The van der Waals surface area contributed by atoms with E-state index in [0.717, 1.165) is 16.7 Å². The summed E-state index contributed by atoms with van der Waals surface area (Å²) >= 11 is 0. The highest BCUT2D eigenvalue weighted by Gasteiger charge is 2.38. The van der Waals surface area contributed by atoms with Crippen LogP contribution in [0.5, 0.6) is 17.2 Å². The summed E-state index contributed by atoms with van der Waals surface area (Å²) in [5.74, 6) is 0.979. The van der Waals surface area contributed by atoms with Crippen LogP contribution >= 0.6 is 0 Å². The predicted octanol–water partition coefficient (Wildman–Crippen LogP) is 0.102. The SMILES string of the molecule is Oc1c2c(cc3c1OCO3)C1=CC[C@@H](O)[C@@H](O)[C@@H]1NC2. The second kappa shape index (κ2) is 4.12. The van der Waals surface area contributed by atoms with Crippen LogP contribution in [0.25, 0.3) is 5.57 Å². The van der Waals surface area contributed by atoms with E-state index in [4.69, 9.17) is 9.47 Å². The third-order valence-electron chi connectivity index (χ3n) is 4.20. The lowest BCUT2D eigenvalue weighted by atomic mass is 9.80. The van der Waals surface area contributed by atoms with Crippen molar-refractivity contribution >= 4 is 5.57 Å². The van der Waals surface area contributed by atoms with Gasteiger partial charge in [-0.1, -0.05) is 6.08 Å². The standard InChI is InChI=1S/C14H15NO5/c16-9-2-1-6-7-3-10-14(20-5-19-10)12(17)8(7)4-15-11(6)13(9)18/h1,3,9,11,13,15-18H,2,4-5H2/t9-,11-,13-/m1/s1. The van der Waals surface area contributed by atoms with Crippen molar-refractivity contribution < 1.29 is 24.8 Å². The van der Waals surface area contributed by atoms with E-state index in [0.29, 0.717) is 24.5 Å². The Labute approximate surface area is 115 Å². The van der Waals surface area contributed by atoms with Gasteiger partial charge in [0.2, 0.25) is 12.5 Å². The van der Waals surface area contributed by atoms with Crippen molar-refractivity contribution in [2.45, 2.75) is 31.2 Å². The molecule has 2 heterocycles. The van der Waals surface area contributed by atoms with Crippen LogP contribution in [0, 0.1) is 0 Å². The summed E-state index contributed by atoms with van der Waals surface area (Å²) in [6, 6.07) is 1.51. The Morgan fingerprint density at radius 3 is 2.95 bits per heavy atom. The molecule has 4 N–H and O–H groups in total. The highest BCUT2D eigenvalue weighted by atomic mass is 16.7. The van der Waals surface area contributed by atoms with Gasteiger partial charge in [0, 0.05) is 12.1 Å². The smallest absolute Gasteiger partial charge is 0.231 e. The third-order valence-corrected chi connectivity index (χ3v) is 4.20. The predicted molar refractivity (Wildman–Crippen MR) is 69.5 cm³/mol. The molecule has 1 aromatic rings. The van der Waals surface area contributed by atoms with Crippen LogP contribution in [-0.4, -0.2) is 40.4 Å². The maximum absolute atomic E-state index is 10.3. The molecule has 0 saturated carbocycles. The molecule has 20 heavy (non-hydrogen) atoms. The van der Waals surface area contributed by atoms with Crippen LogP contribution in [-0.2, 0) is 6.54 Å². The van der Waals surface area contributed by atoms with Gasteiger partial charge < -0.3 is 30.1 Å². The lowest BCUT2D eigenvalue weighted by Crippen LogP contribution is -2.50. The molecule has 3 atom stereocenters. The van der Waals surface area contributed by atoms with E-state index >= 15 is 0 Å². The summed E-state index contributed by atoms with van der Waals surface area (Å²) in [7, 11) is 0. The minimum absolute atomic E-state index is 0.0856. The molecule has 0 unspecified atom stereocenters. The van der Waals surface area contributed by atoms with Gasteiger partial charge >= 0.3 is 0 Å². The second-order valence-electron chi connectivity index (χ2n) is 5.30. The van der Waals surface area contributed by atoms with Crippen LogP contribution in [0.4, 0.5) is 0 Å². The molecular weight excluding hydrogens is 262 g/mol. The molecule has 4 rings (SSSR count). The van der Waals surface area contributed by atoms with Crippen molar-refractivity contribution in [3.63, 3.8) is 0 Å². The molecular formula is C14H15NO5. The quantitative estimate of drug-likeness (QED) is 0.538. The lowest BCUT2D eigenvalue weighted by Gasteiger charge is -2.37. The molecule has 0 fully saturated rings. The van der Waals surface area contributed by atoms with Gasteiger partial charge in [-0.2, -0.15) is 0 Å². The summed E-state index contributed by atoms with van der Waals surface area (Å²) in [6.07, 6.45) is 0.675. The zero-order valence-electron chi connectivity index (χ0n) is 10.7. The number of aromatic hydroxyl groups is 1. The highest BCUT2D eigenvalue weighted by Crippen LogP contribution is 2.48. The van der Waals surface area contributed by atoms with E-state index in [2.05, 4.69) is 5.32 Å². The summed E-state index contributed by atoms with van der Waals surface area (Å²) in [4.78, 5) is 0. The molecule has 0 radical (unpaired) electrons. The Hall–Kier alpha value is -1.76. The molecule has 1 aliphatic carbocycles. The summed E-state index contributed by atoms with van der Waals surface area (Å²) in [5, 5.41) is 33.3. The second-order valence-corrected chi connectivity index (χ2v) is 5.30. The molecule has 0 bridgehead atoms. The number of hydrogen-bond acceptors (Lipinski definition) is 6. The number of hydrogen-bond donors (Lipinski definition) is 4. The first-order valence-electron chi connectivity index (χ1n) is 6.61. The summed E-state index contributed by atoms with van der Waals surface area (Å²) in [6.45, 7) is 0.507. The van der Waals surface area contributed by atoms with Crippen molar-refractivity contribution in [3.8, 4) is 17.2 Å². The molecule has 6 nitrogen and oxygen atoms in total. The molecule has 3 aliphatic rings. The maximum atomic E-state index is 10.3. The Kier molecular flexibility index (Phi) is 2.47. The average molecular weight is 277 g/mol. The van der Waals surface area contributed by atoms with Crippen molar-refractivity contribution in [2.75, 3.05) is 6.79 Å². The number of fused-ring (bicyclic) bond motifs is 4. The molecule has 0 aromatic heterocycles. The van der Waals surface area contributed by atoms with Crippen molar-refractivity contribution in [2.24, 2.45) is 0 Å². The topological polar surface area (TPSA) is 91.2 Å². The number of phenolic OH excluding ortho intramolecular Hbond substituents is 1. The van der Waals surface area contributed by atoms with E-state index in [1.54, 1.807) is 0 Å². The molecule has 0 amide bonds. The number of benzene rings is 1. The number of ether oxygens (including phenoxy) is 2. The number of nitrogens with one attached hydrogen (secondary N) is 1. The molecule has 1 aromatic carbocycles. The van der Waals surface area contributed by atoms with Crippen LogP contribution in [0.3, 0.4) is 0 Å². The number of phenols is 1. The number of aliphatic hydroxyl groups is 2. The largest absolute Gasteiger partial charge is 0.504 e. The van der Waals surface area contributed by atoms with Crippen LogP contribution in [0.1, 0.15) is 17.5 Å². The molecule has 6 heteroatoms. The third kappa shape index (κ3) is 1.49. The molecule has 2 aliphatic heterocycles. The van der Waals surface area contributed by atoms with Gasteiger partial charge in [-0.3, -0.25) is 0 Å². The zero-order chi connectivity index (χ0) is 13.9. The Morgan fingerprint density at radius 1 is 1.25 bits per heavy atom. The van der Waals surface area contributed by atoms with Gasteiger partial charge in [-0.15, -0.1) is 0 Å². The molecule has 0 spiro atoms. The Bertz CT molecular complexity index is 612. The maximum Gasteiger partial charge on any atom is 0.231 e. The number of aliphatic hydroxyl groups excluding tert-OH is 2. The van der Waals surface area contributed by atoms with Crippen molar-refractivity contribution in [3.05, 3.63) is 23.3 Å². The molecule has 106 valence electrons. The normalized spacial score (nSPS) is 30.5. The summed E-state index contributed by atoms with van der Waals surface area (Å²) in [5.41, 5.74) is 2.47. The van der Waals surface area contributed by atoms with Crippen molar-refractivity contribution in [1.29, 1.82) is 0 Å². The van der Waals surface area contributed by atoms with E-state index in [-0.39, 0.29) is 18.6 Å². The lowest BCUT2D eigenvalue weighted by molar-refractivity contribution is 0.00411. The summed E-state index contributed by atoms with van der Waals surface area (Å²) < 4.78 is 10.6. The minimum Gasteiger partial charge on any atom is -0.504 e. The van der Waals surface area contributed by atoms with Gasteiger partial charge in [0.15, 0.2) is 11.5 Å². The Morgan fingerprint density at radius 2 is 2.10 bits per heavy atom. The highest BCUT2D eigenvalue weighted by molar-refractivity contribution is 5.80. The van der Waals surface area contributed by atoms with E-state index in [1.807, 2.05) is 12.1 Å². The van der Waals surface area contributed by atoms with Gasteiger partial charge in [-0.05, 0) is 23.6 Å². The van der Waals surface area contributed by atoms with Gasteiger partial charge in [0.1, 0.15) is 0 Å². The van der Waals surface area contributed by atoms with Gasteiger partial charge in [0.25, 0.3) is 0 Å². The monoisotopic (exact) mass is 277 g/mol. The van der Waals surface area contributed by atoms with E-state index in [1.165, 1.54) is 0 Å². The van der Waals surface area contributed by atoms with E-state index in [9.17, 15) is 15.3 Å². The van der Waals surface area contributed by atoms with Gasteiger partial charge in [-0.25, -0.2) is 0 Å². The van der Waals surface area contributed by atoms with Crippen LogP contribution < -0.4 is 14.8 Å². The zero-order valence-corrected chi connectivity index (χ0v) is 10.7. The first-order chi connectivity index (χ1) is 9.66. The first kappa shape index (κ1) is 12.0. The van der Waals surface area contributed by atoms with Crippen LogP contribution in [0.15, 0.2) is 12.1 Å². The average Bonchev–Trinajstić information content (AvgIpc) is 2.91. The fourth-order valence-electron chi connectivity index (χ4n) is 3.14. The Balaban J connectivity index is 1.88. The first-order valence-corrected chi connectivity index (χ1v) is 6.61. The number of rotatable bonds is 0. The van der Waals surface area contributed by atoms with Gasteiger partial charge in [0.05, 0.1) is 18.2 Å². The minimum atomic E-state index is -0.851. The van der Waals surface area contributed by atoms with Crippen LogP contribution in [0.2, 0.25) is 0 Å². The fourth-order valence-corrected chi connectivity index (χ4v) is 3.14. The fraction of sp³-hybridized carbons (Fsp3) is 0.429. The molecule has 0 saturated heterocycles.